The van der Waals surface area contributed by atoms with Crippen LogP contribution in [0.1, 0.15) is 0 Å². The summed E-state index contributed by atoms with van der Waals surface area (Å²) in [5.41, 5.74) is -0.980. The summed E-state index contributed by atoms with van der Waals surface area (Å²) in [6, 6.07) is 0. The normalized spacial score (nSPS) is 10.2. The number of aliphatic hydroxyl groups is 1. The van der Waals surface area contributed by atoms with Crippen LogP contribution in [-0.2, 0) is 14.1 Å². The molecule has 0 radical (unpaired) electrons. The van der Waals surface area contributed by atoms with E-state index in [9.17, 15) is 9.59 Å². The zero-order valence-corrected chi connectivity index (χ0v) is 8.02. The molecule has 7 nitrogen and oxygen atoms in total. The highest BCUT2D eigenvalue weighted by Gasteiger charge is 2.06. The Morgan fingerprint density at radius 2 is 2.07 bits per heavy atom. The third-order valence-electron chi connectivity index (χ3n) is 1.73. The number of nitrogens with zero attached hydrogens (tertiary/aromatic N) is 3. The Balaban J connectivity index is 3.20. The molecule has 0 aliphatic rings. The number of hydrogen-bond acceptors (Lipinski definition) is 5. The molecule has 78 valence electrons. The molecular formula is C7H12N4O3. The topological polar surface area (TPSA) is 89.2 Å². The van der Waals surface area contributed by atoms with Gasteiger partial charge in [0.1, 0.15) is 0 Å². The Labute approximate surface area is 79.6 Å². The second kappa shape index (κ2) is 4.05. The minimum absolute atomic E-state index is 0.0589. The SMILES string of the molecule is Cn1nc(NCCO)c(=O)n(C)c1=O. The summed E-state index contributed by atoms with van der Waals surface area (Å²) in [5, 5.41) is 14.9. The molecule has 7 heteroatoms. The van der Waals surface area contributed by atoms with Crippen LogP contribution in [0.25, 0.3) is 0 Å². The maximum Gasteiger partial charge on any atom is 0.346 e. The molecule has 0 fully saturated rings. The molecule has 0 aromatic carbocycles. The number of aliphatic hydroxyl groups excluding tert-OH is 1. The third kappa shape index (κ3) is 1.82. The first-order valence-corrected chi connectivity index (χ1v) is 4.07. The van der Waals surface area contributed by atoms with Gasteiger partial charge in [0.2, 0.25) is 5.82 Å². The molecule has 0 saturated carbocycles. The molecule has 0 saturated heterocycles. The van der Waals surface area contributed by atoms with Crippen molar-refractivity contribution in [2.45, 2.75) is 0 Å². The minimum Gasteiger partial charge on any atom is -0.395 e. The predicted molar refractivity (Wildman–Crippen MR) is 50.3 cm³/mol. The molecule has 14 heavy (non-hydrogen) atoms. The zero-order valence-electron chi connectivity index (χ0n) is 8.02. The molecule has 1 rings (SSSR count). The molecule has 0 aliphatic carbocycles. The van der Waals surface area contributed by atoms with Crippen molar-refractivity contribution in [1.29, 1.82) is 0 Å². The van der Waals surface area contributed by atoms with Crippen molar-refractivity contribution in [2.24, 2.45) is 14.1 Å². The molecule has 1 aromatic heterocycles. The Bertz CT molecular complexity index is 434. The van der Waals surface area contributed by atoms with Crippen molar-refractivity contribution in [3.63, 3.8) is 0 Å². The van der Waals surface area contributed by atoms with Gasteiger partial charge in [0.05, 0.1) is 6.61 Å². The van der Waals surface area contributed by atoms with Crippen molar-refractivity contribution >= 4 is 5.82 Å². The number of aromatic nitrogens is 3. The third-order valence-corrected chi connectivity index (χ3v) is 1.73. The lowest BCUT2D eigenvalue weighted by atomic mass is 10.6. The fraction of sp³-hybridized carbons (Fsp3) is 0.571. The molecule has 2 N–H and O–H groups in total. The van der Waals surface area contributed by atoms with E-state index in [2.05, 4.69) is 10.4 Å². The number of rotatable bonds is 3. The van der Waals surface area contributed by atoms with E-state index in [1.807, 2.05) is 0 Å². The van der Waals surface area contributed by atoms with E-state index < -0.39 is 11.2 Å². The average molecular weight is 200 g/mol. The Hall–Kier alpha value is -1.63. The summed E-state index contributed by atoms with van der Waals surface area (Å²) in [5.74, 6) is 0.0589. The van der Waals surface area contributed by atoms with E-state index in [1.165, 1.54) is 14.1 Å². The number of nitrogens with one attached hydrogen (secondary N) is 1. The van der Waals surface area contributed by atoms with Gasteiger partial charge in [0, 0.05) is 20.6 Å². The Morgan fingerprint density at radius 3 is 2.64 bits per heavy atom. The van der Waals surface area contributed by atoms with Crippen molar-refractivity contribution in [3.8, 4) is 0 Å². The standard InChI is InChI=1S/C7H12N4O3/c1-10-6(13)5(8-3-4-12)9-11(2)7(10)14/h12H,3-4H2,1-2H3,(H,8,9). The molecule has 0 atom stereocenters. The Morgan fingerprint density at radius 1 is 1.43 bits per heavy atom. The van der Waals surface area contributed by atoms with Gasteiger partial charge in [-0.3, -0.25) is 9.36 Å². The summed E-state index contributed by atoms with van der Waals surface area (Å²) in [7, 11) is 2.82. The summed E-state index contributed by atoms with van der Waals surface area (Å²) in [6.45, 7) is 0.119. The monoisotopic (exact) mass is 200 g/mol. The molecule has 0 aliphatic heterocycles. The van der Waals surface area contributed by atoms with Gasteiger partial charge in [0.15, 0.2) is 0 Å². The van der Waals surface area contributed by atoms with Crippen LogP contribution in [-0.4, -0.2) is 32.6 Å². The first-order valence-electron chi connectivity index (χ1n) is 4.07. The highest BCUT2D eigenvalue weighted by molar-refractivity contribution is 5.29. The lowest BCUT2D eigenvalue weighted by Crippen LogP contribution is -2.40. The molecule has 0 spiro atoms. The fourth-order valence-corrected chi connectivity index (χ4v) is 0.984. The summed E-state index contributed by atoms with van der Waals surface area (Å²) in [4.78, 5) is 22.6. The number of anilines is 1. The predicted octanol–water partition coefficient (Wildman–Crippen LogP) is -2.12. The van der Waals surface area contributed by atoms with Crippen LogP contribution in [0.3, 0.4) is 0 Å². The fourth-order valence-electron chi connectivity index (χ4n) is 0.984. The average Bonchev–Trinajstić information content (AvgIpc) is 2.18. The van der Waals surface area contributed by atoms with Crippen LogP contribution < -0.4 is 16.6 Å². The van der Waals surface area contributed by atoms with Gasteiger partial charge in [-0.2, -0.15) is 0 Å². The summed E-state index contributed by atoms with van der Waals surface area (Å²) in [6.07, 6.45) is 0. The van der Waals surface area contributed by atoms with Crippen molar-refractivity contribution < 1.29 is 5.11 Å². The van der Waals surface area contributed by atoms with Crippen molar-refractivity contribution in [1.82, 2.24) is 14.3 Å². The van der Waals surface area contributed by atoms with E-state index in [0.717, 1.165) is 9.25 Å². The first-order chi connectivity index (χ1) is 6.57. The maximum atomic E-state index is 11.4. The van der Waals surface area contributed by atoms with Crippen LogP contribution >= 0.6 is 0 Å². The van der Waals surface area contributed by atoms with Gasteiger partial charge in [0.25, 0.3) is 5.56 Å². The minimum atomic E-state index is -0.499. The second-order valence-electron chi connectivity index (χ2n) is 2.77. The van der Waals surface area contributed by atoms with Gasteiger partial charge in [-0.05, 0) is 0 Å². The molecule has 1 heterocycles. The molecular weight excluding hydrogens is 188 g/mol. The van der Waals surface area contributed by atoms with E-state index in [1.54, 1.807) is 0 Å². The van der Waals surface area contributed by atoms with Gasteiger partial charge in [-0.25, -0.2) is 9.48 Å². The smallest absolute Gasteiger partial charge is 0.346 e. The van der Waals surface area contributed by atoms with E-state index in [0.29, 0.717) is 0 Å². The maximum absolute atomic E-state index is 11.4. The van der Waals surface area contributed by atoms with E-state index >= 15 is 0 Å². The van der Waals surface area contributed by atoms with E-state index in [-0.39, 0.29) is 19.0 Å². The molecule has 0 amide bonds. The van der Waals surface area contributed by atoms with Gasteiger partial charge >= 0.3 is 5.69 Å². The largest absolute Gasteiger partial charge is 0.395 e. The highest BCUT2D eigenvalue weighted by Crippen LogP contribution is 1.86. The van der Waals surface area contributed by atoms with Crippen LogP contribution in [0.15, 0.2) is 9.59 Å². The second-order valence-corrected chi connectivity index (χ2v) is 2.77. The highest BCUT2D eigenvalue weighted by atomic mass is 16.3. The Kier molecular flexibility index (Phi) is 3.03. The van der Waals surface area contributed by atoms with Gasteiger partial charge in [-0.1, -0.05) is 0 Å². The zero-order chi connectivity index (χ0) is 10.7. The molecule has 0 bridgehead atoms. The van der Waals surface area contributed by atoms with Crippen LogP contribution in [0.5, 0.6) is 0 Å². The number of hydrogen-bond donors (Lipinski definition) is 2. The molecule has 1 aromatic rings. The van der Waals surface area contributed by atoms with Gasteiger partial charge in [-0.15, -0.1) is 5.10 Å². The van der Waals surface area contributed by atoms with Gasteiger partial charge < -0.3 is 10.4 Å². The van der Waals surface area contributed by atoms with Crippen LogP contribution in [0, 0.1) is 0 Å². The van der Waals surface area contributed by atoms with Crippen LogP contribution in [0.4, 0.5) is 5.82 Å². The number of aryl methyl sites for hydroxylation is 1. The van der Waals surface area contributed by atoms with Crippen LogP contribution in [0.2, 0.25) is 0 Å². The molecule has 0 unspecified atom stereocenters. The van der Waals surface area contributed by atoms with Crippen molar-refractivity contribution in [2.75, 3.05) is 18.5 Å². The summed E-state index contributed by atoms with van der Waals surface area (Å²) < 4.78 is 2.01. The first kappa shape index (κ1) is 10.5. The lowest BCUT2D eigenvalue weighted by Gasteiger charge is -2.05. The van der Waals surface area contributed by atoms with Crippen molar-refractivity contribution in [3.05, 3.63) is 20.8 Å². The quantitative estimate of drug-likeness (QED) is 0.582. The lowest BCUT2D eigenvalue weighted by molar-refractivity contribution is 0.310. The summed E-state index contributed by atoms with van der Waals surface area (Å²) >= 11 is 0. The van der Waals surface area contributed by atoms with E-state index in [4.69, 9.17) is 5.11 Å².